The van der Waals surface area contributed by atoms with E-state index in [0.29, 0.717) is 0 Å². The maximum absolute atomic E-state index is 12.0. The topological polar surface area (TPSA) is 51.0 Å². The van der Waals surface area contributed by atoms with Crippen molar-refractivity contribution in [1.82, 2.24) is 15.5 Å². The second-order valence-electron chi connectivity index (χ2n) is 3.68. The van der Waals surface area contributed by atoms with Crippen LogP contribution in [-0.2, 0) is 12.0 Å². The minimum atomic E-state index is -4.31. The van der Waals surface area contributed by atoms with Gasteiger partial charge in [0.2, 0.25) is 5.89 Å². The van der Waals surface area contributed by atoms with Crippen LogP contribution in [0.1, 0.15) is 25.6 Å². The second kappa shape index (κ2) is 3.80. The van der Waals surface area contributed by atoms with Crippen molar-refractivity contribution in [2.45, 2.75) is 32.0 Å². The lowest BCUT2D eigenvalue weighted by Gasteiger charge is -2.17. The summed E-state index contributed by atoms with van der Waals surface area (Å²) in [5.74, 6) is -0.204. The number of nitrogens with one attached hydrogen (secondary N) is 1. The number of hydrogen-bond donors (Lipinski definition) is 1. The molecule has 1 rings (SSSR count). The third-order valence-corrected chi connectivity index (χ3v) is 1.99. The second-order valence-corrected chi connectivity index (χ2v) is 3.68. The third-order valence-electron chi connectivity index (χ3n) is 1.99. The van der Waals surface area contributed by atoms with Gasteiger partial charge in [-0.2, -0.15) is 18.2 Å². The van der Waals surface area contributed by atoms with Crippen molar-refractivity contribution in [1.29, 1.82) is 0 Å². The van der Waals surface area contributed by atoms with E-state index in [1.54, 1.807) is 20.9 Å². The molecule has 86 valence electrons. The standard InChI is InChI=1S/C8H12F3N3O/c1-7(2,12-3)6-13-5(14-15-6)4-8(9,10)11/h12H,4H2,1-3H3. The highest BCUT2D eigenvalue weighted by molar-refractivity contribution is 4.99. The lowest BCUT2D eigenvalue weighted by molar-refractivity contribution is -0.128. The Balaban J connectivity index is 2.81. The van der Waals surface area contributed by atoms with E-state index in [1.807, 2.05) is 0 Å². The first-order chi connectivity index (χ1) is 6.74. The van der Waals surface area contributed by atoms with Gasteiger partial charge in [-0.3, -0.25) is 0 Å². The summed E-state index contributed by atoms with van der Waals surface area (Å²) in [6.45, 7) is 3.47. The lowest BCUT2D eigenvalue weighted by Crippen LogP contribution is -2.33. The molecule has 1 heterocycles. The van der Waals surface area contributed by atoms with Crippen molar-refractivity contribution >= 4 is 0 Å². The summed E-state index contributed by atoms with van der Waals surface area (Å²) in [4.78, 5) is 3.68. The Morgan fingerprint density at radius 1 is 1.33 bits per heavy atom. The van der Waals surface area contributed by atoms with Gasteiger partial charge in [0, 0.05) is 0 Å². The van der Waals surface area contributed by atoms with Gasteiger partial charge >= 0.3 is 6.18 Å². The van der Waals surface area contributed by atoms with E-state index in [0.717, 1.165) is 0 Å². The zero-order valence-electron chi connectivity index (χ0n) is 8.64. The zero-order valence-corrected chi connectivity index (χ0v) is 8.64. The largest absolute Gasteiger partial charge is 0.396 e. The molecule has 7 heteroatoms. The molecular formula is C8H12F3N3O. The molecule has 0 radical (unpaired) electrons. The van der Waals surface area contributed by atoms with Crippen molar-refractivity contribution < 1.29 is 17.7 Å². The highest BCUT2D eigenvalue weighted by Gasteiger charge is 2.32. The summed E-state index contributed by atoms with van der Waals surface area (Å²) >= 11 is 0. The summed E-state index contributed by atoms with van der Waals surface area (Å²) in [7, 11) is 1.66. The molecule has 0 aliphatic heterocycles. The van der Waals surface area contributed by atoms with Crippen LogP contribution in [0.2, 0.25) is 0 Å². The van der Waals surface area contributed by atoms with Crippen molar-refractivity contribution in [3.63, 3.8) is 0 Å². The maximum Gasteiger partial charge on any atom is 0.396 e. The molecule has 0 amide bonds. The van der Waals surface area contributed by atoms with Crippen LogP contribution >= 0.6 is 0 Å². The van der Waals surface area contributed by atoms with Crippen molar-refractivity contribution in [3.05, 3.63) is 11.7 Å². The molecule has 1 aromatic heterocycles. The highest BCUT2D eigenvalue weighted by atomic mass is 19.4. The molecule has 0 aliphatic rings. The molecule has 0 unspecified atom stereocenters. The minimum absolute atomic E-state index is 0.143. The molecule has 0 aromatic carbocycles. The summed E-state index contributed by atoms with van der Waals surface area (Å²) < 4.78 is 40.7. The molecule has 0 aliphatic carbocycles. The molecule has 0 saturated heterocycles. The number of aromatic nitrogens is 2. The minimum Gasteiger partial charge on any atom is -0.337 e. The maximum atomic E-state index is 12.0. The number of alkyl halides is 3. The van der Waals surface area contributed by atoms with Crippen molar-refractivity contribution in [3.8, 4) is 0 Å². The van der Waals surface area contributed by atoms with Gasteiger partial charge in [0.1, 0.15) is 6.42 Å². The molecular weight excluding hydrogens is 211 g/mol. The average molecular weight is 223 g/mol. The van der Waals surface area contributed by atoms with Gasteiger partial charge in [0.25, 0.3) is 0 Å². The number of halogens is 3. The predicted octanol–water partition coefficient (Wildman–Crippen LogP) is 1.63. The van der Waals surface area contributed by atoms with Gasteiger partial charge in [-0.1, -0.05) is 5.16 Å². The van der Waals surface area contributed by atoms with Crippen LogP contribution in [0.3, 0.4) is 0 Å². The smallest absolute Gasteiger partial charge is 0.337 e. The molecule has 0 spiro atoms. The Labute approximate surface area is 84.9 Å². The van der Waals surface area contributed by atoms with Crippen LogP contribution < -0.4 is 5.32 Å². The van der Waals surface area contributed by atoms with Gasteiger partial charge in [-0.25, -0.2) is 0 Å². The zero-order chi connectivity index (χ0) is 11.7. The van der Waals surface area contributed by atoms with Gasteiger partial charge in [0.05, 0.1) is 5.54 Å². The number of rotatable bonds is 3. The van der Waals surface area contributed by atoms with Crippen LogP contribution in [0.4, 0.5) is 13.2 Å². The monoisotopic (exact) mass is 223 g/mol. The molecule has 4 nitrogen and oxygen atoms in total. The van der Waals surface area contributed by atoms with E-state index in [1.165, 1.54) is 0 Å². The Morgan fingerprint density at radius 3 is 2.40 bits per heavy atom. The first-order valence-electron chi connectivity index (χ1n) is 4.33. The predicted molar refractivity (Wildman–Crippen MR) is 46.1 cm³/mol. The first kappa shape index (κ1) is 12.0. The van der Waals surface area contributed by atoms with Gasteiger partial charge in [-0.05, 0) is 20.9 Å². The van der Waals surface area contributed by atoms with Crippen LogP contribution in [0, 0.1) is 0 Å². The fraction of sp³-hybridized carbons (Fsp3) is 0.750. The summed E-state index contributed by atoms with van der Waals surface area (Å²) in [6.07, 6.45) is -5.48. The van der Waals surface area contributed by atoms with E-state index >= 15 is 0 Å². The van der Waals surface area contributed by atoms with Crippen LogP contribution in [-0.4, -0.2) is 23.4 Å². The number of nitrogens with zero attached hydrogens (tertiary/aromatic N) is 2. The van der Waals surface area contributed by atoms with E-state index in [9.17, 15) is 13.2 Å². The van der Waals surface area contributed by atoms with E-state index < -0.39 is 18.1 Å². The summed E-state index contributed by atoms with van der Waals surface area (Å²) in [5.41, 5.74) is -0.628. The Hall–Kier alpha value is -1.11. The Kier molecular flexibility index (Phi) is 3.03. The molecule has 1 aromatic rings. The van der Waals surface area contributed by atoms with Crippen LogP contribution in [0.5, 0.6) is 0 Å². The highest BCUT2D eigenvalue weighted by Crippen LogP contribution is 2.22. The quantitative estimate of drug-likeness (QED) is 0.846. The fourth-order valence-corrected chi connectivity index (χ4v) is 0.866. The van der Waals surface area contributed by atoms with Crippen LogP contribution in [0.25, 0.3) is 0 Å². The summed E-state index contributed by atoms with van der Waals surface area (Å²) in [5, 5.41) is 6.13. The van der Waals surface area contributed by atoms with E-state index in [-0.39, 0.29) is 11.7 Å². The van der Waals surface area contributed by atoms with Crippen molar-refractivity contribution in [2.75, 3.05) is 7.05 Å². The first-order valence-corrected chi connectivity index (χ1v) is 4.33. The fourth-order valence-electron chi connectivity index (χ4n) is 0.866. The van der Waals surface area contributed by atoms with Gasteiger partial charge in [-0.15, -0.1) is 0 Å². The lowest BCUT2D eigenvalue weighted by atomic mass is 10.1. The Morgan fingerprint density at radius 2 is 1.93 bits per heavy atom. The van der Waals surface area contributed by atoms with E-state index in [2.05, 4.69) is 15.5 Å². The average Bonchev–Trinajstić information content (AvgIpc) is 2.50. The molecule has 0 saturated carbocycles. The van der Waals surface area contributed by atoms with E-state index in [4.69, 9.17) is 4.52 Å². The SMILES string of the molecule is CNC(C)(C)c1nc(CC(F)(F)F)no1. The molecule has 0 fully saturated rings. The van der Waals surface area contributed by atoms with Gasteiger partial charge in [0.15, 0.2) is 5.82 Å². The molecule has 0 bridgehead atoms. The molecule has 15 heavy (non-hydrogen) atoms. The number of hydrogen-bond acceptors (Lipinski definition) is 4. The van der Waals surface area contributed by atoms with Crippen LogP contribution in [0.15, 0.2) is 4.52 Å². The normalized spacial score (nSPS) is 13.2. The third kappa shape index (κ3) is 3.19. The van der Waals surface area contributed by atoms with Gasteiger partial charge < -0.3 is 9.84 Å². The molecule has 0 atom stereocenters. The molecule has 1 N–H and O–H groups in total. The van der Waals surface area contributed by atoms with Crippen molar-refractivity contribution in [2.24, 2.45) is 0 Å². The Bertz CT molecular complexity index is 332. The summed E-state index contributed by atoms with van der Waals surface area (Å²) in [6, 6.07) is 0.